The Morgan fingerprint density at radius 3 is 2.70 bits per heavy atom. The van der Waals surface area contributed by atoms with Gasteiger partial charge in [0, 0.05) is 35.9 Å². The van der Waals surface area contributed by atoms with E-state index in [1.165, 1.54) is 5.56 Å². The average Bonchev–Trinajstić information content (AvgIpc) is 2.95. The first-order valence-electron chi connectivity index (χ1n) is 7.54. The Hall–Kier alpha value is -1.79. The molecule has 23 heavy (non-hydrogen) atoms. The molecule has 0 radical (unpaired) electrons. The standard InChI is InChI=1S/C17H23N3O2S/c1-13-4-6-15(7-5-13)23-9-8-16(21)18-12-17(2,22)14-10-19-20(3)11-14/h4-7,10-11,22H,8-9,12H2,1-3H3,(H,18,21). The molecule has 6 heteroatoms. The maximum atomic E-state index is 11.9. The second-order valence-corrected chi connectivity index (χ2v) is 7.03. The highest BCUT2D eigenvalue weighted by molar-refractivity contribution is 7.99. The second kappa shape index (κ2) is 7.66. The highest BCUT2D eigenvalue weighted by Gasteiger charge is 2.25. The van der Waals surface area contributed by atoms with Crippen molar-refractivity contribution in [2.75, 3.05) is 12.3 Å². The molecule has 0 saturated carbocycles. The van der Waals surface area contributed by atoms with Crippen molar-refractivity contribution in [2.45, 2.75) is 30.8 Å². The van der Waals surface area contributed by atoms with E-state index in [1.54, 1.807) is 42.8 Å². The molecule has 2 rings (SSSR count). The number of aryl methyl sites for hydroxylation is 2. The number of aliphatic hydroxyl groups is 1. The predicted molar refractivity (Wildman–Crippen MR) is 92.3 cm³/mol. The molecule has 0 aliphatic rings. The maximum absolute atomic E-state index is 11.9. The Morgan fingerprint density at radius 2 is 2.09 bits per heavy atom. The van der Waals surface area contributed by atoms with Crippen LogP contribution in [-0.2, 0) is 17.4 Å². The van der Waals surface area contributed by atoms with Crippen LogP contribution >= 0.6 is 11.8 Å². The number of carbonyl (C=O) groups excluding carboxylic acids is 1. The third-order valence-electron chi connectivity index (χ3n) is 3.58. The van der Waals surface area contributed by atoms with Crippen LogP contribution in [0, 0.1) is 6.92 Å². The molecule has 2 N–H and O–H groups in total. The van der Waals surface area contributed by atoms with E-state index in [9.17, 15) is 9.90 Å². The molecule has 1 aromatic carbocycles. The Kier molecular flexibility index (Phi) is 5.85. The van der Waals surface area contributed by atoms with Crippen molar-refractivity contribution in [3.63, 3.8) is 0 Å². The second-order valence-electron chi connectivity index (χ2n) is 5.86. The van der Waals surface area contributed by atoms with Crippen LogP contribution in [-0.4, -0.2) is 33.1 Å². The van der Waals surface area contributed by atoms with Crippen LogP contribution in [0.3, 0.4) is 0 Å². The molecule has 1 aromatic heterocycles. The van der Waals surface area contributed by atoms with Crippen LogP contribution in [0.2, 0.25) is 0 Å². The molecule has 1 amide bonds. The van der Waals surface area contributed by atoms with E-state index < -0.39 is 5.60 Å². The predicted octanol–water partition coefficient (Wildman–Crippen LogP) is 2.23. The summed E-state index contributed by atoms with van der Waals surface area (Å²) in [5.74, 6) is 0.651. The summed E-state index contributed by atoms with van der Waals surface area (Å²) in [7, 11) is 1.79. The van der Waals surface area contributed by atoms with Crippen molar-refractivity contribution in [3.05, 3.63) is 47.8 Å². The molecular weight excluding hydrogens is 310 g/mol. The number of hydrogen-bond donors (Lipinski definition) is 2. The smallest absolute Gasteiger partial charge is 0.220 e. The Morgan fingerprint density at radius 1 is 1.39 bits per heavy atom. The van der Waals surface area contributed by atoms with Gasteiger partial charge in [0.05, 0.1) is 12.7 Å². The number of rotatable bonds is 7. The minimum absolute atomic E-state index is 0.0613. The van der Waals surface area contributed by atoms with Gasteiger partial charge < -0.3 is 10.4 Å². The minimum Gasteiger partial charge on any atom is -0.383 e. The molecule has 124 valence electrons. The van der Waals surface area contributed by atoms with Crippen LogP contribution in [0.4, 0.5) is 0 Å². The molecule has 0 saturated heterocycles. The minimum atomic E-state index is -1.12. The average molecular weight is 333 g/mol. The van der Waals surface area contributed by atoms with E-state index in [0.717, 1.165) is 4.90 Å². The Balaban J connectivity index is 1.73. The summed E-state index contributed by atoms with van der Waals surface area (Å²) in [6.45, 7) is 3.90. The lowest BCUT2D eigenvalue weighted by molar-refractivity contribution is -0.121. The first kappa shape index (κ1) is 17.6. The lowest BCUT2D eigenvalue weighted by Crippen LogP contribution is -2.38. The van der Waals surface area contributed by atoms with E-state index in [2.05, 4.69) is 41.6 Å². The molecular formula is C17H23N3O2S. The van der Waals surface area contributed by atoms with Crippen LogP contribution in [0.5, 0.6) is 0 Å². The largest absolute Gasteiger partial charge is 0.383 e. The summed E-state index contributed by atoms with van der Waals surface area (Å²) in [4.78, 5) is 13.1. The van der Waals surface area contributed by atoms with E-state index in [-0.39, 0.29) is 12.5 Å². The Bertz CT molecular complexity index is 650. The van der Waals surface area contributed by atoms with E-state index in [0.29, 0.717) is 17.7 Å². The molecule has 1 heterocycles. The van der Waals surface area contributed by atoms with Gasteiger partial charge in [-0.2, -0.15) is 5.10 Å². The number of benzene rings is 1. The van der Waals surface area contributed by atoms with Crippen LogP contribution in [0.15, 0.2) is 41.6 Å². The SMILES string of the molecule is Cc1ccc(SCCC(=O)NCC(C)(O)c2cnn(C)c2)cc1. The highest BCUT2D eigenvalue weighted by Crippen LogP contribution is 2.20. The summed E-state index contributed by atoms with van der Waals surface area (Å²) in [6.07, 6.45) is 3.78. The van der Waals surface area contributed by atoms with Crippen LogP contribution in [0.25, 0.3) is 0 Å². The van der Waals surface area contributed by atoms with E-state index in [4.69, 9.17) is 0 Å². The third kappa shape index (κ3) is 5.41. The molecule has 0 aliphatic carbocycles. The van der Waals surface area contributed by atoms with Crippen LogP contribution in [0.1, 0.15) is 24.5 Å². The number of aromatic nitrogens is 2. The number of nitrogens with zero attached hydrogens (tertiary/aromatic N) is 2. The zero-order chi connectivity index (χ0) is 16.9. The molecule has 0 aliphatic heterocycles. The van der Waals surface area contributed by atoms with Crippen molar-refractivity contribution in [1.82, 2.24) is 15.1 Å². The van der Waals surface area contributed by atoms with Gasteiger partial charge >= 0.3 is 0 Å². The monoisotopic (exact) mass is 333 g/mol. The van der Waals surface area contributed by atoms with Gasteiger partial charge in [-0.3, -0.25) is 9.48 Å². The fourth-order valence-electron chi connectivity index (χ4n) is 2.06. The number of carbonyl (C=O) groups is 1. The van der Waals surface area contributed by atoms with Gasteiger partial charge in [-0.25, -0.2) is 0 Å². The normalized spacial score (nSPS) is 13.6. The van der Waals surface area contributed by atoms with Gasteiger partial charge in [-0.15, -0.1) is 11.8 Å². The topological polar surface area (TPSA) is 67.2 Å². The zero-order valence-electron chi connectivity index (χ0n) is 13.7. The van der Waals surface area contributed by atoms with E-state index in [1.807, 2.05) is 0 Å². The van der Waals surface area contributed by atoms with Gasteiger partial charge in [-0.05, 0) is 26.0 Å². The first-order valence-corrected chi connectivity index (χ1v) is 8.53. The molecule has 0 fully saturated rings. The summed E-state index contributed by atoms with van der Waals surface area (Å²) in [5.41, 5.74) is 0.799. The summed E-state index contributed by atoms with van der Waals surface area (Å²) < 4.78 is 1.63. The Labute approximate surface area is 141 Å². The van der Waals surface area contributed by atoms with Crippen molar-refractivity contribution >= 4 is 17.7 Å². The molecule has 5 nitrogen and oxygen atoms in total. The first-order chi connectivity index (χ1) is 10.9. The van der Waals surface area contributed by atoms with Crippen molar-refractivity contribution < 1.29 is 9.90 Å². The molecule has 1 atom stereocenters. The zero-order valence-corrected chi connectivity index (χ0v) is 14.6. The molecule has 0 spiro atoms. The number of hydrogen-bond acceptors (Lipinski definition) is 4. The van der Waals surface area contributed by atoms with Crippen LogP contribution < -0.4 is 5.32 Å². The summed E-state index contributed by atoms with van der Waals surface area (Å²) >= 11 is 1.65. The number of thioether (sulfide) groups is 1. The molecule has 2 aromatic rings. The summed E-state index contributed by atoms with van der Waals surface area (Å²) in [5, 5.41) is 17.2. The molecule has 1 unspecified atom stereocenters. The van der Waals surface area contributed by atoms with Gasteiger partial charge in [0.15, 0.2) is 0 Å². The number of amides is 1. The van der Waals surface area contributed by atoms with Crippen molar-refractivity contribution in [3.8, 4) is 0 Å². The quantitative estimate of drug-likeness (QED) is 0.763. The van der Waals surface area contributed by atoms with Crippen molar-refractivity contribution in [1.29, 1.82) is 0 Å². The van der Waals surface area contributed by atoms with Gasteiger partial charge in [0.25, 0.3) is 0 Å². The van der Waals surface area contributed by atoms with E-state index >= 15 is 0 Å². The van der Waals surface area contributed by atoms with Gasteiger partial charge in [0.1, 0.15) is 5.60 Å². The summed E-state index contributed by atoms with van der Waals surface area (Å²) in [6, 6.07) is 8.25. The third-order valence-corrected chi connectivity index (χ3v) is 4.59. The fraction of sp³-hybridized carbons (Fsp3) is 0.412. The molecule has 0 bridgehead atoms. The van der Waals surface area contributed by atoms with Crippen molar-refractivity contribution in [2.24, 2.45) is 7.05 Å². The lowest BCUT2D eigenvalue weighted by atomic mass is 10.00. The van der Waals surface area contributed by atoms with Gasteiger partial charge in [0.2, 0.25) is 5.91 Å². The number of nitrogens with one attached hydrogen (secondary N) is 1. The fourth-order valence-corrected chi connectivity index (χ4v) is 2.91. The maximum Gasteiger partial charge on any atom is 0.220 e. The van der Waals surface area contributed by atoms with Gasteiger partial charge in [-0.1, -0.05) is 17.7 Å². The highest BCUT2D eigenvalue weighted by atomic mass is 32.2. The lowest BCUT2D eigenvalue weighted by Gasteiger charge is -2.22.